The van der Waals surface area contributed by atoms with Crippen molar-refractivity contribution >= 4 is 23.4 Å². The van der Waals surface area contributed by atoms with Crippen LogP contribution in [0.15, 0.2) is 82.7 Å². The Morgan fingerprint density at radius 1 is 1.02 bits per heavy atom. The molecule has 0 unspecified atom stereocenters. The second-order valence-electron chi connectivity index (χ2n) is 10.8. The van der Waals surface area contributed by atoms with Crippen LogP contribution in [-0.4, -0.2) is 28.3 Å². The highest BCUT2D eigenvalue weighted by atomic mass is 32.2. The normalized spacial score (nSPS) is 15.2. The number of methoxy groups -OCH3 is 1. The summed E-state index contributed by atoms with van der Waals surface area (Å²) in [5.41, 5.74) is 6.00. The first-order valence-electron chi connectivity index (χ1n) is 13.9. The Balaban J connectivity index is 1.49. The molecule has 6 nitrogen and oxygen atoms in total. The molecular formula is C33H33N3O3S. The Hall–Kier alpha value is -3.84. The van der Waals surface area contributed by atoms with E-state index in [4.69, 9.17) is 9.72 Å². The summed E-state index contributed by atoms with van der Waals surface area (Å²) in [5, 5.41) is 3.46. The molecule has 1 heterocycles. The predicted molar refractivity (Wildman–Crippen MR) is 161 cm³/mol. The first-order chi connectivity index (χ1) is 19.5. The molecule has 0 bridgehead atoms. The summed E-state index contributed by atoms with van der Waals surface area (Å²) in [6.07, 6.45) is 6.20. The van der Waals surface area contributed by atoms with Crippen LogP contribution in [0.25, 0.3) is 16.9 Å². The van der Waals surface area contributed by atoms with Gasteiger partial charge in [0.25, 0.3) is 5.56 Å². The van der Waals surface area contributed by atoms with Gasteiger partial charge in [-0.3, -0.25) is 14.2 Å². The Labute approximate surface area is 238 Å². The van der Waals surface area contributed by atoms with Gasteiger partial charge in [-0.1, -0.05) is 79.6 Å². The summed E-state index contributed by atoms with van der Waals surface area (Å²) in [6, 6.07) is 23.6. The van der Waals surface area contributed by atoms with Crippen molar-refractivity contribution in [1.29, 1.82) is 0 Å². The molecule has 1 amide bonds. The third kappa shape index (κ3) is 4.83. The highest BCUT2D eigenvalue weighted by molar-refractivity contribution is 7.99. The van der Waals surface area contributed by atoms with Gasteiger partial charge < -0.3 is 10.1 Å². The van der Waals surface area contributed by atoms with Crippen LogP contribution >= 0.6 is 11.8 Å². The molecule has 1 aromatic heterocycles. The van der Waals surface area contributed by atoms with Crippen molar-refractivity contribution in [3.05, 3.63) is 99.8 Å². The van der Waals surface area contributed by atoms with Gasteiger partial charge in [-0.25, -0.2) is 4.98 Å². The third-order valence-electron chi connectivity index (χ3n) is 8.16. The Morgan fingerprint density at radius 3 is 2.60 bits per heavy atom. The average Bonchev–Trinajstić information content (AvgIpc) is 2.96. The van der Waals surface area contributed by atoms with Gasteiger partial charge in [-0.2, -0.15) is 0 Å². The number of amides is 1. The molecule has 0 aliphatic heterocycles. The Morgan fingerprint density at radius 2 is 1.80 bits per heavy atom. The average molecular weight is 552 g/mol. The maximum absolute atomic E-state index is 14.7. The van der Waals surface area contributed by atoms with E-state index < -0.39 is 0 Å². The quantitative estimate of drug-likeness (QED) is 0.213. The fourth-order valence-corrected chi connectivity index (χ4v) is 7.16. The zero-order valence-electron chi connectivity index (χ0n) is 22.9. The number of hydrogen-bond donors (Lipinski definition) is 1. The summed E-state index contributed by atoms with van der Waals surface area (Å²) in [4.78, 5) is 32.9. The minimum Gasteiger partial charge on any atom is -0.495 e. The van der Waals surface area contributed by atoms with Crippen LogP contribution in [0.2, 0.25) is 0 Å². The fourth-order valence-electron chi connectivity index (χ4n) is 6.36. The molecule has 1 N–H and O–H groups in total. The number of nitrogens with zero attached hydrogens (tertiary/aromatic N) is 2. The smallest absolute Gasteiger partial charge is 0.263 e. The number of nitrogens with one attached hydrogen (secondary N) is 1. The van der Waals surface area contributed by atoms with Gasteiger partial charge in [0.15, 0.2) is 5.16 Å². The third-order valence-corrected chi connectivity index (χ3v) is 9.09. The number of aryl methyl sites for hydroxylation is 1. The minimum absolute atomic E-state index is 0.0625. The van der Waals surface area contributed by atoms with Crippen molar-refractivity contribution in [3.63, 3.8) is 0 Å². The molecule has 204 valence electrons. The van der Waals surface area contributed by atoms with Crippen molar-refractivity contribution in [2.45, 2.75) is 56.0 Å². The molecule has 1 saturated carbocycles. The lowest BCUT2D eigenvalue weighted by molar-refractivity contribution is -0.113. The highest BCUT2D eigenvalue weighted by Gasteiger charge is 2.43. The van der Waals surface area contributed by atoms with E-state index in [-0.39, 0.29) is 22.6 Å². The summed E-state index contributed by atoms with van der Waals surface area (Å²) in [7, 11) is 1.61. The first-order valence-corrected chi connectivity index (χ1v) is 14.9. The van der Waals surface area contributed by atoms with Gasteiger partial charge in [0.05, 0.1) is 29.8 Å². The lowest BCUT2D eigenvalue weighted by Gasteiger charge is -2.42. The molecule has 2 aliphatic rings. The van der Waals surface area contributed by atoms with E-state index in [9.17, 15) is 9.59 Å². The molecule has 40 heavy (non-hydrogen) atoms. The number of carbonyl (C=O) groups is 1. The maximum Gasteiger partial charge on any atom is 0.263 e. The summed E-state index contributed by atoms with van der Waals surface area (Å²) >= 11 is 1.27. The summed E-state index contributed by atoms with van der Waals surface area (Å²) in [5.74, 6) is 0.547. The van der Waals surface area contributed by atoms with E-state index in [0.29, 0.717) is 16.6 Å². The Bertz CT molecular complexity index is 1640. The molecule has 4 aromatic rings. The van der Waals surface area contributed by atoms with Gasteiger partial charge >= 0.3 is 0 Å². The number of carbonyl (C=O) groups excluding carboxylic acids is 1. The molecule has 6 rings (SSSR count). The van der Waals surface area contributed by atoms with Gasteiger partial charge in [-0.15, -0.1) is 0 Å². The lowest BCUT2D eigenvalue weighted by Crippen LogP contribution is -2.43. The van der Waals surface area contributed by atoms with Crippen LogP contribution in [0.1, 0.15) is 48.8 Å². The van der Waals surface area contributed by atoms with Gasteiger partial charge in [0, 0.05) is 16.7 Å². The van der Waals surface area contributed by atoms with Crippen molar-refractivity contribution in [3.8, 4) is 22.7 Å². The topological polar surface area (TPSA) is 73.2 Å². The van der Waals surface area contributed by atoms with Crippen molar-refractivity contribution < 1.29 is 9.53 Å². The fraction of sp³-hybridized carbons (Fsp3) is 0.303. The molecule has 0 saturated heterocycles. The van der Waals surface area contributed by atoms with Gasteiger partial charge in [0.2, 0.25) is 5.91 Å². The SMILES string of the molecule is COc1ccccc1-n1c(SCC(=O)Nc2cccc(C)c2)nc2c(c1=O)C1(CCCCC1)Cc1ccccc1-2. The van der Waals surface area contributed by atoms with Crippen molar-refractivity contribution in [1.82, 2.24) is 9.55 Å². The van der Waals surface area contributed by atoms with Crippen molar-refractivity contribution in [2.75, 3.05) is 18.2 Å². The molecule has 3 aromatic carbocycles. The summed E-state index contributed by atoms with van der Waals surface area (Å²) in [6.45, 7) is 1.99. The van der Waals surface area contributed by atoms with Crippen LogP contribution in [-0.2, 0) is 16.6 Å². The zero-order valence-corrected chi connectivity index (χ0v) is 23.7. The van der Waals surface area contributed by atoms with E-state index >= 15 is 0 Å². The van der Waals surface area contributed by atoms with E-state index in [2.05, 4.69) is 23.5 Å². The number of ether oxygens (including phenoxy) is 1. The van der Waals surface area contributed by atoms with E-state index in [1.807, 2.05) is 61.5 Å². The number of hydrogen-bond acceptors (Lipinski definition) is 5. The maximum atomic E-state index is 14.7. The van der Waals surface area contributed by atoms with Crippen LogP contribution < -0.4 is 15.6 Å². The minimum atomic E-state index is -0.235. The van der Waals surface area contributed by atoms with Crippen molar-refractivity contribution in [2.24, 2.45) is 0 Å². The second kappa shape index (κ2) is 11.0. The molecule has 1 fully saturated rings. The first kappa shape index (κ1) is 26.4. The van der Waals surface area contributed by atoms with Gasteiger partial charge in [-0.05, 0) is 61.6 Å². The van der Waals surface area contributed by atoms with E-state index in [1.54, 1.807) is 11.7 Å². The summed E-state index contributed by atoms with van der Waals surface area (Å²) < 4.78 is 7.36. The zero-order chi connectivity index (χ0) is 27.7. The number of anilines is 1. The van der Waals surface area contributed by atoms with Crippen LogP contribution in [0.4, 0.5) is 5.69 Å². The number of para-hydroxylation sites is 2. The molecular weight excluding hydrogens is 518 g/mol. The Kier molecular flexibility index (Phi) is 7.24. The number of thioether (sulfide) groups is 1. The number of benzene rings is 3. The monoisotopic (exact) mass is 551 g/mol. The number of rotatable bonds is 6. The van der Waals surface area contributed by atoms with E-state index in [1.165, 1.54) is 23.7 Å². The van der Waals surface area contributed by atoms with Crippen LogP contribution in [0, 0.1) is 6.92 Å². The van der Waals surface area contributed by atoms with Gasteiger partial charge in [0.1, 0.15) is 5.75 Å². The predicted octanol–water partition coefficient (Wildman–Crippen LogP) is 6.71. The highest BCUT2D eigenvalue weighted by Crippen LogP contribution is 2.49. The van der Waals surface area contributed by atoms with E-state index in [0.717, 1.165) is 60.2 Å². The largest absolute Gasteiger partial charge is 0.495 e. The van der Waals surface area contributed by atoms with Crippen LogP contribution in [0.5, 0.6) is 5.75 Å². The van der Waals surface area contributed by atoms with Crippen LogP contribution in [0.3, 0.4) is 0 Å². The molecule has 2 aliphatic carbocycles. The molecule has 1 spiro atoms. The second-order valence-corrected chi connectivity index (χ2v) is 11.8. The lowest BCUT2D eigenvalue weighted by atomic mass is 9.62. The molecule has 0 radical (unpaired) electrons. The standard InChI is InChI=1S/C33H33N3O3S/c1-22-11-10-13-24(19-22)34-28(37)21-40-32-35-30-25-14-5-4-12-23(25)20-33(17-8-3-9-18-33)29(30)31(38)36(32)26-15-6-7-16-27(26)39-2/h4-7,10-16,19H,3,8-9,17-18,20-21H2,1-2H3,(H,34,37). The molecule has 0 atom stereocenters. The number of fused-ring (bicyclic) bond motifs is 4. The molecule has 7 heteroatoms. The number of aromatic nitrogens is 2.